The fraction of sp³-hybridized carbons (Fsp3) is 0.400. The lowest BCUT2D eigenvalue weighted by Crippen LogP contribution is -2.38. The lowest BCUT2D eigenvalue weighted by atomic mass is 10.2. The maximum Gasteiger partial charge on any atom is 0.415 e. The second-order valence-electron chi connectivity index (χ2n) is 3.32. The molecule has 0 aliphatic rings. The van der Waals surface area contributed by atoms with Crippen LogP contribution in [0.4, 0.5) is 17.6 Å². The Hall–Kier alpha value is -1.14. The first-order valence-electron chi connectivity index (χ1n) is 4.59. The highest BCUT2D eigenvalue weighted by Crippen LogP contribution is 2.19. The summed E-state index contributed by atoms with van der Waals surface area (Å²) in [5, 5.41) is 11.1. The summed E-state index contributed by atoms with van der Waals surface area (Å²) in [6, 6.07) is 5.50. The van der Waals surface area contributed by atoms with Crippen LogP contribution >= 0.6 is 0 Å². The molecule has 2 nitrogen and oxygen atoms in total. The normalized spacial score (nSPS) is 13.8. The number of rotatable bonds is 4. The van der Waals surface area contributed by atoms with E-state index in [9.17, 15) is 17.6 Å². The Morgan fingerprint density at radius 3 is 2.56 bits per heavy atom. The highest BCUT2D eigenvalue weighted by atomic mass is 19.4. The molecule has 16 heavy (non-hydrogen) atoms. The van der Waals surface area contributed by atoms with Gasteiger partial charge in [-0.2, -0.15) is 13.2 Å². The third kappa shape index (κ3) is 4.16. The van der Waals surface area contributed by atoms with Gasteiger partial charge in [0.1, 0.15) is 5.82 Å². The maximum absolute atomic E-state index is 12.7. The van der Waals surface area contributed by atoms with Crippen molar-refractivity contribution in [1.82, 2.24) is 5.32 Å². The second-order valence-corrected chi connectivity index (χ2v) is 3.32. The smallest absolute Gasteiger partial charge is 0.382 e. The number of hydrogen-bond acceptors (Lipinski definition) is 2. The van der Waals surface area contributed by atoms with Crippen LogP contribution < -0.4 is 5.32 Å². The van der Waals surface area contributed by atoms with Gasteiger partial charge >= 0.3 is 6.18 Å². The molecule has 1 rings (SSSR count). The van der Waals surface area contributed by atoms with Crippen molar-refractivity contribution in [2.75, 3.05) is 6.54 Å². The van der Waals surface area contributed by atoms with E-state index in [2.05, 4.69) is 5.32 Å². The van der Waals surface area contributed by atoms with Gasteiger partial charge in [0.25, 0.3) is 0 Å². The van der Waals surface area contributed by atoms with Crippen molar-refractivity contribution in [3.63, 3.8) is 0 Å². The molecule has 1 atom stereocenters. The van der Waals surface area contributed by atoms with Crippen molar-refractivity contribution in [3.8, 4) is 0 Å². The molecule has 1 unspecified atom stereocenters. The lowest BCUT2D eigenvalue weighted by molar-refractivity contribution is -0.201. The van der Waals surface area contributed by atoms with Crippen molar-refractivity contribution >= 4 is 0 Å². The highest BCUT2D eigenvalue weighted by molar-refractivity contribution is 5.15. The van der Waals surface area contributed by atoms with Crippen LogP contribution in [0.25, 0.3) is 0 Å². The molecule has 2 N–H and O–H groups in total. The lowest BCUT2D eigenvalue weighted by Gasteiger charge is -2.14. The average molecular weight is 237 g/mol. The van der Waals surface area contributed by atoms with Crippen molar-refractivity contribution in [2.45, 2.75) is 18.8 Å². The largest absolute Gasteiger partial charge is 0.415 e. The number of hydrogen-bond donors (Lipinski definition) is 2. The summed E-state index contributed by atoms with van der Waals surface area (Å²) in [4.78, 5) is 0. The van der Waals surface area contributed by atoms with Crippen LogP contribution in [0.15, 0.2) is 24.3 Å². The molecule has 0 amide bonds. The van der Waals surface area contributed by atoms with Gasteiger partial charge in [0.05, 0.1) is 0 Å². The summed E-state index contributed by atoms with van der Waals surface area (Å²) in [7, 11) is 0. The van der Waals surface area contributed by atoms with Crippen LogP contribution in [0.3, 0.4) is 0 Å². The van der Waals surface area contributed by atoms with Gasteiger partial charge in [0.15, 0.2) is 6.10 Å². The molecular formula is C10H11F4NO. The van der Waals surface area contributed by atoms with Gasteiger partial charge < -0.3 is 10.4 Å². The fourth-order valence-electron chi connectivity index (χ4n) is 1.12. The predicted octanol–water partition coefficient (Wildman–Crippen LogP) is 1.84. The van der Waals surface area contributed by atoms with Crippen molar-refractivity contribution in [3.05, 3.63) is 35.6 Å². The van der Waals surface area contributed by atoms with E-state index in [0.29, 0.717) is 5.56 Å². The van der Waals surface area contributed by atoms with E-state index in [0.717, 1.165) is 0 Å². The SMILES string of the molecule is OC(CNCc1cccc(F)c1)C(F)(F)F. The Morgan fingerprint density at radius 2 is 2.00 bits per heavy atom. The Labute approximate surface area is 89.9 Å². The van der Waals surface area contributed by atoms with Gasteiger partial charge in [0, 0.05) is 13.1 Å². The maximum atomic E-state index is 12.7. The zero-order valence-corrected chi connectivity index (χ0v) is 8.26. The van der Waals surface area contributed by atoms with E-state index in [-0.39, 0.29) is 6.54 Å². The molecule has 0 spiro atoms. The van der Waals surface area contributed by atoms with E-state index in [1.54, 1.807) is 6.07 Å². The first-order valence-corrected chi connectivity index (χ1v) is 4.59. The molecule has 6 heteroatoms. The first kappa shape index (κ1) is 12.9. The van der Waals surface area contributed by atoms with Crippen molar-refractivity contribution in [1.29, 1.82) is 0 Å². The molecule has 0 fully saturated rings. The standard InChI is InChI=1S/C10H11F4NO/c11-8-3-1-2-7(4-8)5-15-6-9(16)10(12,13)14/h1-4,9,15-16H,5-6H2. The molecule has 1 aromatic carbocycles. The minimum atomic E-state index is -4.63. The average Bonchev–Trinajstić information content (AvgIpc) is 2.16. The van der Waals surface area contributed by atoms with Crippen LogP contribution in [0, 0.1) is 5.82 Å². The number of aliphatic hydroxyl groups excluding tert-OH is 1. The fourth-order valence-corrected chi connectivity index (χ4v) is 1.12. The molecule has 0 radical (unpaired) electrons. The van der Waals surface area contributed by atoms with Crippen LogP contribution in [-0.2, 0) is 6.54 Å². The predicted molar refractivity (Wildman–Crippen MR) is 50.2 cm³/mol. The summed E-state index contributed by atoms with van der Waals surface area (Å²) in [5.74, 6) is -0.448. The van der Waals surface area contributed by atoms with E-state index < -0.39 is 24.6 Å². The number of nitrogens with one attached hydrogen (secondary N) is 1. The number of halogens is 4. The Bertz CT molecular complexity index is 340. The molecular weight excluding hydrogens is 226 g/mol. The van der Waals surface area contributed by atoms with Gasteiger partial charge in [-0.1, -0.05) is 12.1 Å². The number of alkyl halides is 3. The summed E-state index contributed by atoms with van der Waals surface area (Å²) in [6.45, 7) is -0.537. The molecule has 0 aliphatic carbocycles. The minimum Gasteiger partial charge on any atom is -0.382 e. The molecule has 0 aliphatic heterocycles. The second kappa shape index (κ2) is 5.27. The van der Waals surface area contributed by atoms with Gasteiger partial charge in [-0.25, -0.2) is 4.39 Å². The first-order chi connectivity index (χ1) is 7.39. The Morgan fingerprint density at radius 1 is 1.31 bits per heavy atom. The van der Waals surface area contributed by atoms with Crippen molar-refractivity contribution in [2.24, 2.45) is 0 Å². The molecule has 0 saturated heterocycles. The zero-order chi connectivity index (χ0) is 12.2. The summed E-state index contributed by atoms with van der Waals surface area (Å²) in [6.07, 6.45) is -7.03. The van der Waals surface area contributed by atoms with E-state index in [4.69, 9.17) is 5.11 Å². The Kier molecular flexibility index (Phi) is 4.26. The number of benzene rings is 1. The highest BCUT2D eigenvalue weighted by Gasteiger charge is 2.37. The van der Waals surface area contributed by atoms with Gasteiger partial charge in [-0.3, -0.25) is 0 Å². The third-order valence-electron chi connectivity index (χ3n) is 1.93. The molecule has 90 valence electrons. The minimum absolute atomic E-state index is 0.0743. The van der Waals surface area contributed by atoms with Gasteiger partial charge in [-0.05, 0) is 17.7 Å². The molecule has 0 heterocycles. The quantitative estimate of drug-likeness (QED) is 0.783. The van der Waals surface area contributed by atoms with Crippen molar-refractivity contribution < 1.29 is 22.7 Å². The van der Waals surface area contributed by atoms with Crippen LogP contribution in [0.5, 0.6) is 0 Å². The van der Waals surface area contributed by atoms with Gasteiger partial charge in [-0.15, -0.1) is 0 Å². The molecule has 0 aromatic heterocycles. The summed E-state index contributed by atoms with van der Waals surface area (Å²) in [5.41, 5.74) is 0.523. The summed E-state index contributed by atoms with van der Waals surface area (Å²) < 4.78 is 48.4. The van der Waals surface area contributed by atoms with Crippen LogP contribution in [-0.4, -0.2) is 23.9 Å². The van der Waals surface area contributed by atoms with Crippen LogP contribution in [0.2, 0.25) is 0 Å². The molecule has 0 saturated carbocycles. The van der Waals surface area contributed by atoms with E-state index in [1.165, 1.54) is 18.2 Å². The molecule has 0 bridgehead atoms. The zero-order valence-electron chi connectivity index (χ0n) is 8.26. The Balaban J connectivity index is 2.36. The monoisotopic (exact) mass is 237 g/mol. The summed E-state index contributed by atoms with van der Waals surface area (Å²) >= 11 is 0. The van der Waals surface area contributed by atoms with Gasteiger partial charge in [0.2, 0.25) is 0 Å². The number of aliphatic hydroxyl groups is 1. The topological polar surface area (TPSA) is 32.3 Å². The van der Waals surface area contributed by atoms with E-state index >= 15 is 0 Å². The van der Waals surface area contributed by atoms with Crippen LogP contribution in [0.1, 0.15) is 5.56 Å². The van der Waals surface area contributed by atoms with E-state index in [1.807, 2.05) is 0 Å². The molecule has 1 aromatic rings. The third-order valence-corrected chi connectivity index (χ3v) is 1.93.